The monoisotopic (exact) mass is 316 g/mol. The highest BCUT2D eigenvalue weighted by molar-refractivity contribution is 7.89. The molecule has 1 aliphatic rings. The predicted octanol–water partition coefficient (Wildman–Crippen LogP) is -1.26. The summed E-state index contributed by atoms with van der Waals surface area (Å²) in [5.74, 6) is -1.62. The molecule has 0 aliphatic carbocycles. The molecule has 114 valence electrons. The van der Waals surface area contributed by atoms with Crippen LogP contribution in [0.3, 0.4) is 0 Å². The zero-order valence-electron chi connectivity index (χ0n) is 10.6. The smallest absolute Gasteiger partial charge is 0.324 e. The van der Waals surface area contributed by atoms with Gasteiger partial charge in [-0.3, -0.25) is 9.59 Å². The van der Waals surface area contributed by atoms with Crippen LogP contribution in [0.5, 0.6) is 5.75 Å². The normalized spacial score (nSPS) is 15.6. The number of sulfonamides is 1. The summed E-state index contributed by atoms with van der Waals surface area (Å²) < 4.78 is 31.0. The van der Waals surface area contributed by atoms with Crippen molar-refractivity contribution in [2.24, 2.45) is 0 Å². The number of anilines is 1. The number of ether oxygens (including phenoxy) is 1. The van der Waals surface area contributed by atoms with Crippen LogP contribution in [0, 0.1) is 0 Å². The standard InChI is InChI=1S/C11H12N2O7S/c14-4-8(11(16)17)13-21(18,19)6-1-2-9-7(3-6)12-10(15)5-20-9/h1-3,8,13-14H,4-5H2,(H,12,15)(H,16,17)/t8-/m0/s1. The number of benzene rings is 1. The van der Waals surface area contributed by atoms with Gasteiger partial charge in [0.1, 0.15) is 11.8 Å². The second-order valence-corrected chi connectivity index (χ2v) is 5.90. The topological polar surface area (TPSA) is 142 Å². The third-order valence-electron chi connectivity index (χ3n) is 2.67. The first-order valence-corrected chi connectivity index (χ1v) is 7.24. The molecule has 0 fully saturated rings. The SMILES string of the molecule is O=C1COc2ccc(S(=O)(=O)N[C@@H](CO)C(=O)O)cc2N1. The van der Waals surface area contributed by atoms with Gasteiger partial charge >= 0.3 is 5.97 Å². The molecule has 2 rings (SSSR count). The quantitative estimate of drug-likeness (QED) is 0.531. The summed E-state index contributed by atoms with van der Waals surface area (Å²) in [5, 5.41) is 20.0. The summed E-state index contributed by atoms with van der Waals surface area (Å²) in [4.78, 5) is 21.7. The number of aliphatic hydroxyl groups excluding tert-OH is 1. The molecule has 1 aromatic carbocycles. The second-order valence-electron chi connectivity index (χ2n) is 4.19. The number of carbonyl (C=O) groups excluding carboxylic acids is 1. The molecular formula is C11H12N2O7S. The molecule has 9 nitrogen and oxygen atoms in total. The first-order valence-electron chi connectivity index (χ1n) is 5.76. The van der Waals surface area contributed by atoms with Crippen LogP contribution in [0.1, 0.15) is 0 Å². The number of carbonyl (C=O) groups is 2. The largest absolute Gasteiger partial charge is 0.482 e. The van der Waals surface area contributed by atoms with E-state index in [0.717, 1.165) is 6.07 Å². The Morgan fingerprint density at radius 3 is 2.81 bits per heavy atom. The molecule has 0 aromatic heterocycles. The van der Waals surface area contributed by atoms with Crippen molar-refractivity contribution in [2.75, 3.05) is 18.5 Å². The van der Waals surface area contributed by atoms with Crippen molar-refractivity contribution in [2.45, 2.75) is 10.9 Å². The second kappa shape index (κ2) is 5.68. The lowest BCUT2D eigenvalue weighted by molar-refractivity contribution is -0.139. The van der Waals surface area contributed by atoms with Gasteiger partial charge in [0, 0.05) is 0 Å². The van der Waals surface area contributed by atoms with Gasteiger partial charge in [-0.1, -0.05) is 0 Å². The van der Waals surface area contributed by atoms with Gasteiger partial charge in [0.15, 0.2) is 6.61 Å². The summed E-state index contributed by atoms with van der Waals surface area (Å²) in [7, 11) is -4.17. The number of amides is 1. The number of aliphatic hydroxyl groups is 1. The Labute approximate surface area is 119 Å². The number of aliphatic carboxylic acids is 1. The zero-order chi connectivity index (χ0) is 15.6. The number of carboxylic acids is 1. The first kappa shape index (κ1) is 15.2. The minimum Gasteiger partial charge on any atom is -0.482 e. The number of hydrogen-bond donors (Lipinski definition) is 4. The van der Waals surface area contributed by atoms with Crippen LogP contribution in [0.25, 0.3) is 0 Å². The summed E-state index contributed by atoms with van der Waals surface area (Å²) in [6.45, 7) is -1.05. The maximum atomic E-state index is 12.0. The van der Waals surface area contributed by atoms with Crippen LogP contribution in [0.4, 0.5) is 5.69 Å². The summed E-state index contributed by atoms with van der Waals surface area (Å²) in [6.07, 6.45) is 0. The molecule has 1 aliphatic heterocycles. The molecule has 10 heteroatoms. The van der Waals surface area contributed by atoms with Gasteiger partial charge in [-0.2, -0.15) is 4.72 Å². The molecule has 0 bridgehead atoms. The molecule has 0 radical (unpaired) electrons. The lowest BCUT2D eigenvalue weighted by Gasteiger charge is -2.19. The third-order valence-corrected chi connectivity index (χ3v) is 4.14. The van der Waals surface area contributed by atoms with Crippen molar-refractivity contribution < 1.29 is 33.0 Å². The number of nitrogens with one attached hydrogen (secondary N) is 2. The molecular weight excluding hydrogens is 304 g/mol. The minimum absolute atomic E-state index is 0.164. The van der Waals surface area contributed by atoms with Crippen LogP contribution < -0.4 is 14.8 Å². The molecule has 1 heterocycles. The van der Waals surface area contributed by atoms with Crippen molar-refractivity contribution in [3.05, 3.63) is 18.2 Å². The maximum Gasteiger partial charge on any atom is 0.324 e. The van der Waals surface area contributed by atoms with E-state index in [1.165, 1.54) is 12.1 Å². The van der Waals surface area contributed by atoms with Crippen molar-refractivity contribution in [3.63, 3.8) is 0 Å². The van der Waals surface area contributed by atoms with Crippen LogP contribution >= 0.6 is 0 Å². The molecule has 4 N–H and O–H groups in total. The summed E-state index contributed by atoms with van der Waals surface area (Å²) in [5.41, 5.74) is 0.171. The fourth-order valence-corrected chi connectivity index (χ4v) is 2.86. The molecule has 0 saturated heterocycles. The van der Waals surface area contributed by atoms with Crippen LogP contribution in [0.15, 0.2) is 23.1 Å². The van der Waals surface area contributed by atoms with E-state index in [2.05, 4.69) is 5.32 Å². The predicted molar refractivity (Wildman–Crippen MR) is 69.4 cm³/mol. The molecule has 1 atom stereocenters. The molecule has 0 saturated carbocycles. The molecule has 0 unspecified atom stereocenters. The Morgan fingerprint density at radius 1 is 1.48 bits per heavy atom. The highest BCUT2D eigenvalue weighted by Gasteiger charge is 2.26. The van der Waals surface area contributed by atoms with Crippen LogP contribution in [-0.4, -0.2) is 49.8 Å². The van der Waals surface area contributed by atoms with Crippen molar-refractivity contribution >= 4 is 27.6 Å². The lowest BCUT2D eigenvalue weighted by Crippen LogP contribution is -2.43. The minimum atomic E-state index is -4.17. The number of hydrogen-bond acceptors (Lipinski definition) is 6. The van der Waals surface area contributed by atoms with Crippen LogP contribution in [0.2, 0.25) is 0 Å². The van der Waals surface area contributed by atoms with Gasteiger partial charge in [0.2, 0.25) is 10.0 Å². The first-order chi connectivity index (χ1) is 9.83. The van der Waals surface area contributed by atoms with Gasteiger partial charge < -0.3 is 20.3 Å². The Balaban J connectivity index is 2.30. The van der Waals surface area contributed by atoms with Gasteiger partial charge in [-0.15, -0.1) is 0 Å². The Hall–Kier alpha value is -2.17. The van der Waals surface area contributed by atoms with E-state index in [9.17, 15) is 18.0 Å². The van der Waals surface area contributed by atoms with E-state index in [1.807, 2.05) is 4.72 Å². The summed E-state index contributed by atoms with van der Waals surface area (Å²) >= 11 is 0. The fourth-order valence-electron chi connectivity index (χ4n) is 1.65. The maximum absolute atomic E-state index is 12.0. The van der Waals surface area contributed by atoms with Crippen molar-refractivity contribution in [3.8, 4) is 5.75 Å². The van der Waals surface area contributed by atoms with E-state index in [-0.39, 0.29) is 17.2 Å². The highest BCUT2D eigenvalue weighted by Crippen LogP contribution is 2.30. The van der Waals surface area contributed by atoms with E-state index in [1.54, 1.807) is 0 Å². The fraction of sp³-hybridized carbons (Fsp3) is 0.273. The number of rotatable bonds is 5. The summed E-state index contributed by atoms with van der Waals surface area (Å²) in [6, 6.07) is 2.04. The average Bonchev–Trinajstić information content (AvgIpc) is 2.43. The lowest BCUT2D eigenvalue weighted by atomic mass is 10.2. The zero-order valence-corrected chi connectivity index (χ0v) is 11.4. The van der Waals surface area contributed by atoms with E-state index < -0.39 is 34.5 Å². The Bertz CT molecular complexity index is 686. The average molecular weight is 316 g/mol. The molecule has 1 aromatic rings. The van der Waals surface area contributed by atoms with E-state index in [4.69, 9.17) is 14.9 Å². The van der Waals surface area contributed by atoms with Crippen LogP contribution in [-0.2, 0) is 19.6 Å². The van der Waals surface area contributed by atoms with Gasteiger partial charge in [0.05, 0.1) is 17.2 Å². The highest BCUT2D eigenvalue weighted by atomic mass is 32.2. The van der Waals surface area contributed by atoms with E-state index >= 15 is 0 Å². The number of carboxylic acid groups (broad SMARTS) is 1. The number of fused-ring (bicyclic) bond motifs is 1. The Morgan fingerprint density at radius 2 is 2.19 bits per heavy atom. The molecule has 0 spiro atoms. The third kappa shape index (κ3) is 3.29. The van der Waals surface area contributed by atoms with Crippen molar-refractivity contribution in [1.29, 1.82) is 0 Å². The molecule has 1 amide bonds. The van der Waals surface area contributed by atoms with Crippen molar-refractivity contribution in [1.82, 2.24) is 4.72 Å². The van der Waals surface area contributed by atoms with Gasteiger partial charge in [-0.05, 0) is 18.2 Å². The molecule has 21 heavy (non-hydrogen) atoms. The van der Waals surface area contributed by atoms with Gasteiger partial charge in [0.25, 0.3) is 5.91 Å². The van der Waals surface area contributed by atoms with E-state index in [0.29, 0.717) is 5.75 Å². The Kier molecular flexibility index (Phi) is 4.11. The van der Waals surface area contributed by atoms with Gasteiger partial charge in [-0.25, -0.2) is 8.42 Å².